The quantitative estimate of drug-likeness (QED) is 0.715. The normalized spacial score (nSPS) is 13.1. The molecule has 1 atom stereocenters. The zero-order chi connectivity index (χ0) is 15.7. The van der Waals surface area contributed by atoms with Crippen LogP contribution in [0.2, 0.25) is 5.02 Å². The Bertz CT molecular complexity index is 502. The predicted octanol–water partition coefficient (Wildman–Crippen LogP) is 2.91. The molecular weight excluding hydrogens is 310 g/mol. The van der Waals surface area contributed by atoms with E-state index in [9.17, 15) is 8.42 Å². The molecule has 0 amide bonds. The summed E-state index contributed by atoms with van der Waals surface area (Å²) in [5.41, 5.74) is 0. The molecule has 1 rings (SSSR count). The van der Waals surface area contributed by atoms with Gasteiger partial charge in [0.25, 0.3) is 0 Å². The van der Waals surface area contributed by atoms with Crippen LogP contribution in [0.3, 0.4) is 0 Å². The molecule has 0 aliphatic rings. The molecule has 0 aliphatic carbocycles. The minimum Gasteiger partial charge on any atom is -0.492 e. The van der Waals surface area contributed by atoms with Crippen molar-refractivity contribution >= 4 is 21.4 Å². The van der Waals surface area contributed by atoms with Gasteiger partial charge in [0.2, 0.25) is 0 Å². The Balaban J connectivity index is 2.40. The van der Waals surface area contributed by atoms with Gasteiger partial charge in [-0.05, 0) is 43.7 Å². The summed E-state index contributed by atoms with van der Waals surface area (Å²) in [6.45, 7) is 5.05. The van der Waals surface area contributed by atoms with Crippen LogP contribution < -0.4 is 10.1 Å². The van der Waals surface area contributed by atoms with E-state index < -0.39 is 9.84 Å². The van der Waals surface area contributed by atoms with Crippen molar-refractivity contribution in [1.29, 1.82) is 0 Å². The summed E-state index contributed by atoms with van der Waals surface area (Å²) in [7, 11) is -2.89. The third-order valence-electron chi connectivity index (χ3n) is 3.21. The first kappa shape index (κ1) is 18.3. The summed E-state index contributed by atoms with van der Waals surface area (Å²) in [6, 6.07) is 7.37. The van der Waals surface area contributed by atoms with Crippen LogP contribution in [0.4, 0.5) is 0 Å². The largest absolute Gasteiger partial charge is 0.492 e. The smallest absolute Gasteiger partial charge is 0.150 e. The summed E-state index contributed by atoms with van der Waals surface area (Å²) in [6.07, 6.45) is 1.43. The van der Waals surface area contributed by atoms with Gasteiger partial charge < -0.3 is 10.1 Å². The van der Waals surface area contributed by atoms with Gasteiger partial charge in [-0.2, -0.15) is 0 Å². The van der Waals surface area contributed by atoms with Gasteiger partial charge in [-0.25, -0.2) is 8.42 Å². The number of nitrogens with one attached hydrogen (secondary N) is 1. The molecule has 0 aromatic heterocycles. The fourth-order valence-corrected chi connectivity index (χ4v) is 2.98. The molecule has 0 fully saturated rings. The van der Waals surface area contributed by atoms with Crippen molar-refractivity contribution in [3.05, 3.63) is 29.3 Å². The lowest BCUT2D eigenvalue weighted by molar-refractivity contribution is 0.257. The van der Waals surface area contributed by atoms with Crippen molar-refractivity contribution in [3.8, 4) is 5.75 Å². The Hall–Kier alpha value is -0.780. The lowest BCUT2D eigenvalue weighted by Gasteiger charge is -2.18. The zero-order valence-electron chi connectivity index (χ0n) is 12.6. The molecule has 1 aromatic rings. The molecule has 1 aromatic carbocycles. The minimum absolute atomic E-state index is 0.151. The van der Waals surface area contributed by atoms with Gasteiger partial charge in [0.1, 0.15) is 22.2 Å². The molecule has 0 aliphatic heterocycles. The molecular formula is C15H24ClNO3S. The number of hydrogen-bond acceptors (Lipinski definition) is 4. The van der Waals surface area contributed by atoms with Crippen LogP contribution in [0.1, 0.15) is 26.7 Å². The highest BCUT2D eigenvalue weighted by molar-refractivity contribution is 7.91. The van der Waals surface area contributed by atoms with Crippen molar-refractivity contribution in [1.82, 2.24) is 5.32 Å². The number of rotatable bonds is 10. The average molecular weight is 334 g/mol. The average Bonchev–Trinajstić information content (AvgIpc) is 2.46. The van der Waals surface area contributed by atoms with Crippen LogP contribution in [0, 0.1) is 0 Å². The first-order valence-corrected chi connectivity index (χ1v) is 9.49. The Labute approximate surface area is 132 Å². The van der Waals surface area contributed by atoms with E-state index in [4.69, 9.17) is 16.3 Å². The summed E-state index contributed by atoms with van der Waals surface area (Å²) in [5, 5.41) is 4.00. The highest BCUT2D eigenvalue weighted by Crippen LogP contribution is 2.16. The van der Waals surface area contributed by atoms with E-state index in [1.807, 2.05) is 19.1 Å². The maximum Gasteiger partial charge on any atom is 0.150 e. The number of ether oxygens (including phenoxy) is 1. The van der Waals surface area contributed by atoms with Crippen molar-refractivity contribution < 1.29 is 13.2 Å². The molecule has 0 heterocycles. The van der Waals surface area contributed by atoms with Crippen LogP contribution in [-0.4, -0.2) is 39.1 Å². The van der Waals surface area contributed by atoms with Crippen molar-refractivity contribution in [3.63, 3.8) is 0 Å². The number of benzene rings is 1. The van der Waals surface area contributed by atoms with E-state index >= 15 is 0 Å². The number of sulfone groups is 1. The highest BCUT2D eigenvalue weighted by Gasteiger charge is 2.12. The molecule has 4 nitrogen and oxygen atoms in total. The SMILES string of the molecule is CCNC(CCCS(=O)(=O)CC)COc1ccc(Cl)cc1. The first-order valence-electron chi connectivity index (χ1n) is 7.29. The first-order chi connectivity index (χ1) is 9.96. The third kappa shape index (κ3) is 7.69. The summed E-state index contributed by atoms with van der Waals surface area (Å²) >= 11 is 5.82. The fraction of sp³-hybridized carbons (Fsp3) is 0.600. The summed E-state index contributed by atoms with van der Waals surface area (Å²) in [5.74, 6) is 1.22. The van der Waals surface area contributed by atoms with Crippen LogP contribution >= 0.6 is 11.6 Å². The van der Waals surface area contributed by atoms with Crippen LogP contribution in [0.5, 0.6) is 5.75 Å². The highest BCUT2D eigenvalue weighted by atomic mass is 35.5. The summed E-state index contributed by atoms with van der Waals surface area (Å²) in [4.78, 5) is 0. The second-order valence-electron chi connectivity index (χ2n) is 4.90. The van der Waals surface area contributed by atoms with E-state index in [1.54, 1.807) is 19.1 Å². The van der Waals surface area contributed by atoms with Crippen molar-refractivity contribution in [2.45, 2.75) is 32.7 Å². The van der Waals surface area contributed by atoms with Gasteiger partial charge in [0.05, 0.1) is 5.75 Å². The molecule has 0 saturated heterocycles. The van der Waals surface area contributed by atoms with E-state index in [0.29, 0.717) is 18.1 Å². The second-order valence-corrected chi connectivity index (χ2v) is 7.81. The molecule has 0 saturated carbocycles. The number of halogens is 1. The van der Waals surface area contributed by atoms with E-state index in [2.05, 4.69) is 5.32 Å². The van der Waals surface area contributed by atoms with Crippen molar-refractivity contribution in [2.75, 3.05) is 24.7 Å². The molecule has 21 heavy (non-hydrogen) atoms. The molecule has 0 bridgehead atoms. The van der Waals surface area contributed by atoms with Crippen LogP contribution in [-0.2, 0) is 9.84 Å². The third-order valence-corrected chi connectivity index (χ3v) is 5.25. The molecule has 120 valence electrons. The Morgan fingerprint density at radius 3 is 2.48 bits per heavy atom. The number of hydrogen-bond donors (Lipinski definition) is 1. The Morgan fingerprint density at radius 2 is 1.90 bits per heavy atom. The van der Waals surface area contributed by atoms with Gasteiger partial charge in [-0.1, -0.05) is 25.4 Å². The lowest BCUT2D eigenvalue weighted by Crippen LogP contribution is -2.35. The van der Waals surface area contributed by atoms with Gasteiger partial charge in [-0.15, -0.1) is 0 Å². The van der Waals surface area contributed by atoms with Crippen LogP contribution in [0.15, 0.2) is 24.3 Å². The van der Waals surface area contributed by atoms with E-state index in [0.717, 1.165) is 18.7 Å². The molecule has 0 radical (unpaired) electrons. The van der Waals surface area contributed by atoms with Crippen molar-refractivity contribution in [2.24, 2.45) is 0 Å². The Kier molecular flexibility index (Phi) is 8.07. The van der Waals surface area contributed by atoms with Gasteiger partial charge >= 0.3 is 0 Å². The molecule has 1 unspecified atom stereocenters. The zero-order valence-corrected chi connectivity index (χ0v) is 14.2. The van der Waals surface area contributed by atoms with Gasteiger partial charge in [0, 0.05) is 16.8 Å². The van der Waals surface area contributed by atoms with Crippen LogP contribution in [0.25, 0.3) is 0 Å². The summed E-state index contributed by atoms with van der Waals surface area (Å²) < 4.78 is 28.7. The lowest BCUT2D eigenvalue weighted by atomic mass is 10.2. The molecule has 1 N–H and O–H groups in total. The van der Waals surface area contributed by atoms with E-state index in [-0.39, 0.29) is 17.5 Å². The number of likely N-dealkylation sites (N-methyl/N-ethyl adjacent to an activating group) is 1. The standard InChI is InChI=1S/C15H24ClNO3S/c1-3-17-14(6-5-11-21(18,19)4-2)12-20-15-9-7-13(16)8-10-15/h7-10,14,17H,3-6,11-12H2,1-2H3. The van der Waals surface area contributed by atoms with E-state index in [1.165, 1.54) is 0 Å². The molecule has 0 spiro atoms. The fourth-order valence-electron chi connectivity index (χ4n) is 1.95. The Morgan fingerprint density at radius 1 is 1.24 bits per heavy atom. The topological polar surface area (TPSA) is 55.4 Å². The molecule has 6 heteroatoms. The monoisotopic (exact) mass is 333 g/mol. The predicted molar refractivity (Wildman–Crippen MR) is 88.0 cm³/mol. The minimum atomic E-state index is -2.89. The maximum atomic E-state index is 11.5. The van der Waals surface area contributed by atoms with Gasteiger partial charge in [-0.3, -0.25) is 0 Å². The maximum absolute atomic E-state index is 11.5. The van der Waals surface area contributed by atoms with Gasteiger partial charge in [0.15, 0.2) is 0 Å². The second kappa shape index (κ2) is 9.28.